The van der Waals surface area contributed by atoms with E-state index in [1.165, 1.54) is 11.4 Å². The summed E-state index contributed by atoms with van der Waals surface area (Å²) in [6.07, 6.45) is 4.29. The molecule has 1 aromatic rings. The van der Waals surface area contributed by atoms with Crippen molar-refractivity contribution in [2.45, 2.75) is 37.8 Å². The maximum atomic E-state index is 12.6. The minimum Gasteiger partial charge on any atom is -0.481 e. The Morgan fingerprint density at radius 1 is 1.35 bits per heavy atom. The first-order chi connectivity index (χ1) is 11.0. The fourth-order valence-corrected chi connectivity index (χ4v) is 4.74. The highest BCUT2D eigenvalue weighted by atomic mass is 32.2. The van der Waals surface area contributed by atoms with Crippen LogP contribution in [0.1, 0.15) is 37.3 Å². The molecule has 1 aliphatic carbocycles. The average molecular weight is 341 g/mol. The molecule has 2 fully saturated rings. The van der Waals surface area contributed by atoms with Gasteiger partial charge < -0.3 is 9.84 Å². The van der Waals surface area contributed by atoms with Crippen molar-refractivity contribution in [1.29, 1.82) is 0 Å². The van der Waals surface area contributed by atoms with Crippen LogP contribution in [0.4, 0.5) is 0 Å². The molecule has 1 aromatic heterocycles. The summed E-state index contributed by atoms with van der Waals surface area (Å²) in [6, 6.07) is 3.18. The summed E-state index contributed by atoms with van der Waals surface area (Å²) in [6.45, 7) is 1.13. The minimum atomic E-state index is -3.52. The third kappa shape index (κ3) is 3.65. The zero-order valence-electron chi connectivity index (χ0n) is 13.2. The normalized spacial score (nSPS) is 26.7. The Morgan fingerprint density at radius 3 is 2.57 bits per heavy atom. The third-order valence-electron chi connectivity index (χ3n) is 4.63. The predicted octanol–water partition coefficient (Wildman–Crippen LogP) is 0.832. The van der Waals surface area contributed by atoms with Gasteiger partial charge in [-0.3, -0.25) is 0 Å². The highest BCUT2D eigenvalue weighted by Gasteiger charge is 2.38. The largest absolute Gasteiger partial charge is 0.481 e. The van der Waals surface area contributed by atoms with Gasteiger partial charge >= 0.3 is 0 Å². The average Bonchev–Trinajstić information content (AvgIpc) is 3.05. The van der Waals surface area contributed by atoms with E-state index in [4.69, 9.17) is 4.74 Å². The van der Waals surface area contributed by atoms with Crippen molar-refractivity contribution in [3.63, 3.8) is 0 Å². The third-order valence-corrected chi connectivity index (χ3v) is 6.23. The van der Waals surface area contributed by atoms with Gasteiger partial charge in [-0.2, -0.15) is 17.4 Å². The molecule has 1 atom stereocenters. The Morgan fingerprint density at radius 2 is 2.04 bits per heavy atom. The summed E-state index contributed by atoms with van der Waals surface area (Å²) < 4.78 is 34.5. The number of pyridine rings is 1. The van der Waals surface area contributed by atoms with Crippen molar-refractivity contribution < 1.29 is 18.3 Å². The number of aliphatic hydroxyl groups is 1. The molecule has 0 aromatic carbocycles. The number of ether oxygens (including phenoxy) is 1. The molecular formula is C15H23N3O4S. The van der Waals surface area contributed by atoms with E-state index < -0.39 is 10.2 Å². The van der Waals surface area contributed by atoms with Crippen LogP contribution in [0.5, 0.6) is 5.88 Å². The Balaban J connectivity index is 1.80. The maximum Gasteiger partial charge on any atom is 0.280 e. The molecule has 2 aliphatic rings. The quantitative estimate of drug-likeness (QED) is 0.800. The van der Waals surface area contributed by atoms with Gasteiger partial charge in [0.05, 0.1) is 19.3 Å². The van der Waals surface area contributed by atoms with Gasteiger partial charge in [0.15, 0.2) is 0 Å². The summed E-state index contributed by atoms with van der Waals surface area (Å²) in [5, 5.41) is 9.58. The number of nitrogens with one attached hydrogen (secondary N) is 1. The maximum absolute atomic E-state index is 12.6. The zero-order chi connectivity index (χ0) is 16.4. The molecule has 2 heterocycles. The molecule has 3 rings (SSSR count). The number of aromatic nitrogens is 1. The summed E-state index contributed by atoms with van der Waals surface area (Å²) >= 11 is 0. The summed E-state index contributed by atoms with van der Waals surface area (Å²) in [5.74, 6) is 0.570. The van der Waals surface area contributed by atoms with E-state index >= 15 is 0 Å². The molecule has 1 saturated heterocycles. The van der Waals surface area contributed by atoms with E-state index in [0.717, 1.165) is 18.4 Å². The number of rotatable bonds is 6. The van der Waals surface area contributed by atoms with E-state index in [1.807, 2.05) is 6.07 Å². The van der Waals surface area contributed by atoms with Crippen molar-refractivity contribution in [2.75, 3.05) is 20.2 Å². The molecule has 0 spiro atoms. The number of methoxy groups -OCH3 is 1. The van der Waals surface area contributed by atoms with E-state index in [0.29, 0.717) is 31.8 Å². The van der Waals surface area contributed by atoms with Gasteiger partial charge in [0.25, 0.3) is 10.2 Å². The molecule has 8 heteroatoms. The zero-order valence-corrected chi connectivity index (χ0v) is 14.0. The van der Waals surface area contributed by atoms with Crippen LogP contribution in [0.15, 0.2) is 18.3 Å². The van der Waals surface area contributed by atoms with Gasteiger partial charge in [0, 0.05) is 25.4 Å². The van der Waals surface area contributed by atoms with Crippen molar-refractivity contribution in [3.8, 4) is 5.88 Å². The molecule has 23 heavy (non-hydrogen) atoms. The molecule has 2 N–H and O–H groups in total. The van der Waals surface area contributed by atoms with E-state index in [-0.39, 0.29) is 18.1 Å². The fourth-order valence-electron chi connectivity index (χ4n) is 3.20. The molecule has 0 bridgehead atoms. The summed E-state index contributed by atoms with van der Waals surface area (Å²) in [5.41, 5.74) is 0.797. The van der Waals surface area contributed by atoms with Crippen LogP contribution < -0.4 is 9.46 Å². The van der Waals surface area contributed by atoms with E-state index in [2.05, 4.69) is 9.71 Å². The van der Waals surface area contributed by atoms with E-state index in [9.17, 15) is 13.5 Å². The number of hydrogen-bond donors (Lipinski definition) is 2. The van der Waals surface area contributed by atoms with Crippen LogP contribution in [0, 0.1) is 5.92 Å². The van der Waals surface area contributed by atoms with Gasteiger partial charge in [-0.05, 0) is 37.2 Å². The Bertz CT molecular complexity index is 623. The lowest BCUT2D eigenvalue weighted by molar-refractivity contribution is 0.0277. The van der Waals surface area contributed by atoms with Crippen LogP contribution >= 0.6 is 0 Å². The van der Waals surface area contributed by atoms with Crippen molar-refractivity contribution >= 4 is 10.2 Å². The van der Waals surface area contributed by atoms with Gasteiger partial charge in [-0.15, -0.1) is 0 Å². The van der Waals surface area contributed by atoms with Crippen LogP contribution in [-0.2, 0) is 10.2 Å². The van der Waals surface area contributed by atoms with Crippen molar-refractivity contribution in [1.82, 2.24) is 14.0 Å². The second-order valence-electron chi connectivity index (χ2n) is 6.23. The van der Waals surface area contributed by atoms with Gasteiger partial charge in [0.1, 0.15) is 0 Å². The predicted molar refractivity (Wildman–Crippen MR) is 85.1 cm³/mol. The smallest absolute Gasteiger partial charge is 0.280 e. The molecule has 1 unspecified atom stereocenters. The summed E-state index contributed by atoms with van der Waals surface area (Å²) in [4.78, 5) is 4.17. The number of aliphatic hydroxyl groups excluding tert-OH is 1. The first-order valence-corrected chi connectivity index (χ1v) is 9.39. The molecule has 0 amide bonds. The number of hydrogen-bond acceptors (Lipinski definition) is 5. The Labute approximate surface area is 136 Å². The van der Waals surface area contributed by atoms with Crippen molar-refractivity contribution in [3.05, 3.63) is 23.9 Å². The minimum absolute atomic E-state index is 0.0811. The summed E-state index contributed by atoms with van der Waals surface area (Å²) in [7, 11) is -1.98. The number of nitrogens with zero attached hydrogens (tertiary/aromatic N) is 2. The van der Waals surface area contributed by atoms with Crippen LogP contribution in [-0.4, -0.2) is 49.1 Å². The molecule has 0 radical (unpaired) electrons. The molecular weight excluding hydrogens is 318 g/mol. The van der Waals surface area contributed by atoms with Gasteiger partial charge in [-0.25, -0.2) is 4.98 Å². The molecule has 1 saturated carbocycles. The first-order valence-electron chi connectivity index (χ1n) is 7.95. The van der Waals surface area contributed by atoms with Gasteiger partial charge in [0.2, 0.25) is 5.88 Å². The topological polar surface area (TPSA) is 91.8 Å². The lowest BCUT2D eigenvalue weighted by Gasteiger charge is -2.38. The molecule has 7 nitrogen and oxygen atoms in total. The van der Waals surface area contributed by atoms with E-state index in [1.54, 1.807) is 12.3 Å². The SMILES string of the molecule is COc1ccc(C(NS(=O)(=O)N2CCCC2)C2CC(O)C2)cn1. The second kappa shape index (κ2) is 6.72. The Hall–Kier alpha value is -1.22. The Kier molecular flexibility index (Phi) is 4.86. The van der Waals surface area contributed by atoms with Crippen LogP contribution in [0.2, 0.25) is 0 Å². The van der Waals surface area contributed by atoms with Crippen molar-refractivity contribution in [2.24, 2.45) is 5.92 Å². The highest BCUT2D eigenvalue weighted by Crippen LogP contribution is 2.38. The molecule has 1 aliphatic heterocycles. The lowest BCUT2D eigenvalue weighted by Crippen LogP contribution is -2.46. The van der Waals surface area contributed by atoms with Gasteiger partial charge in [-0.1, -0.05) is 6.07 Å². The molecule has 128 valence electrons. The lowest BCUT2D eigenvalue weighted by atomic mass is 9.76. The second-order valence-corrected chi connectivity index (χ2v) is 7.93. The highest BCUT2D eigenvalue weighted by molar-refractivity contribution is 7.87. The fraction of sp³-hybridized carbons (Fsp3) is 0.667. The van der Waals surface area contributed by atoms with Crippen LogP contribution in [0.3, 0.4) is 0 Å². The first kappa shape index (κ1) is 16.6. The standard InChI is InChI=1S/C15H23N3O4S/c1-22-14-5-4-11(10-16-14)15(12-8-13(19)9-12)17-23(20,21)18-6-2-3-7-18/h4-5,10,12-13,15,17,19H,2-3,6-9H2,1H3. The van der Waals surface area contributed by atoms with Crippen LogP contribution in [0.25, 0.3) is 0 Å². The monoisotopic (exact) mass is 341 g/mol.